The minimum Gasteiger partial charge on any atom is -0.361 e. The number of carbonyl (C=O) groups is 2. The van der Waals surface area contributed by atoms with E-state index in [0.717, 1.165) is 31.5 Å². The zero-order valence-corrected chi connectivity index (χ0v) is 19.5. The lowest BCUT2D eigenvalue weighted by Gasteiger charge is -2.43. The van der Waals surface area contributed by atoms with E-state index in [1.165, 1.54) is 21.4 Å². The molecule has 3 amide bonds. The maximum absolute atomic E-state index is 13.4. The summed E-state index contributed by atoms with van der Waals surface area (Å²) in [5.74, 6) is -0.0371. The van der Waals surface area contributed by atoms with Gasteiger partial charge in [0.15, 0.2) is 0 Å². The summed E-state index contributed by atoms with van der Waals surface area (Å²) in [7, 11) is 1.79. The predicted octanol–water partition coefficient (Wildman–Crippen LogP) is 4.42. The maximum atomic E-state index is 13.4. The number of hydrogen-bond donors (Lipinski definition) is 1. The van der Waals surface area contributed by atoms with Gasteiger partial charge in [-0.2, -0.15) is 0 Å². The molecule has 5 rings (SSSR count). The van der Waals surface area contributed by atoms with Crippen molar-refractivity contribution in [3.8, 4) is 0 Å². The summed E-state index contributed by atoms with van der Waals surface area (Å²) in [5.41, 5.74) is 2.83. The van der Waals surface area contributed by atoms with E-state index in [-0.39, 0.29) is 11.9 Å². The van der Waals surface area contributed by atoms with Gasteiger partial charge in [0.05, 0.1) is 6.54 Å². The van der Waals surface area contributed by atoms with Crippen LogP contribution in [0.5, 0.6) is 0 Å². The highest BCUT2D eigenvalue weighted by atomic mass is 16.2. The number of H-pyrrole nitrogens is 1. The van der Waals surface area contributed by atoms with Gasteiger partial charge in [0.1, 0.15) is 5.54 Å². The number of aryl methyl sites for hydroxylation is 1. The highest BCUT2D eigenvalue weighted by Gasteiger charge is 2.56. The van der Waals surface area contributed by atoms with Crippen molar-refractivity contribution in [2.75, 3.05) is 20.1 Å². The average Bonchev–Trinajstić information content (AvgIpc) is 3.34. The topological polar surface area (TPSA) is 59.7 Å². The number of nitrogens with zero attached hydrogens (tertiary/aromatic N) is 3. The lowest BCUT2D eigenvalue weighted by Crippen LogP contribution is -2.56. The minimum atomic E-state index is -0.696. The summed E-state index contributed by atoms with van der Waals surface area (Å²) in [6, 6.07) is 18.4. The molecule has 1 spiro atoms. The number of rotatable bonds is 6. The summed E-state index contributed by atoms with van der Waals surface area (Å²) < 4.78 is 0. The molecule has 0 aliphatic carbocycles. The molecule has 172 valence electrons. The molecule has 3 aromatic rings. The number of likely N-dealkylation sites (tertiary alicyclic amines) is 1. The van der Waals surface area contributed by atoms with Gasteiger partial charge in [0.2, 0.25) is 0 Å². The van der Waals surface area contributed by atoms with Crippen molar-refractivity contribution in [3.05, 3.63) is 71.9 Å². The van der Waals surface area contributed by atoms with Gasteiger partial charge in [-0.15, -0.1) is 0 Å². The number of piperidine rings is 1. The van der Waals surface area contributed by atoms with Crippen LogP contribution in [0, 0.1) is 0 Å². The van der Waals surface area contributed by atoms with Crippen molar-refractivity contribution in [2.45, 2.75) is 50.7 Å². The fraction of sp³-hybridized carbons (Fsp3) is 0.407. The fourth-order valence-electron chi connectivity index (χ4n) is 5.52. The lowest BCUT2D eigenvalue weighted by molar-refractivity contribution is -0.135. The number of para-hydroxylation sites is 1. The quantitative estimate of drug-likeness (QED) is 0.573. The molecule has 2 fully saturated rings. The first-order valence-corrected chi connectivity index (χ1v) is 11.9. The summed E-state index contributed by atoms with van der Waals surface area (Å²) >= 11 is 0. The van der Waals surface area contributed by atoms with Crippen molar-refractivity contribution in [1.29, 1.82) is 0 Å². The van der Waals surface area contributed by atoms with Crippen LogP contribution >= 0.6 is 0 Å². The third-order valence-corrected chi connectivity index (χ3v) is 7.74. The van der Waals surface area contributed by atoms with E-state index >= 15 is 0 Å². The third kappa shape index (κ3) is 3.82. The molecule has 3 heterocycles. The molecule has 1 aromatic heterocycles. The predicted molar refractivity (Wildman–Crippen MR) is 130 cm³/mol. The summed E-state index contributed by atoms with van der Waals surface area (Å²) in [5, 5.41) is 1.30. The lowest BCUT2D eigenvalue weighted by atomic mass is 9.85. The van der Waals surface area contributed by atoms with Crippen LogP contribution < -0.4 is 0 Å². The number of nitrogens with one attached hydrogen (secondary N) is 1. The van der Waals surface area contributed by atoms with Crippen molar-refractivity contribution in [2.24, 2.45) is 0 Å². The highest BCUT2D eigenvalue weighted by Crippen LogP contribution is 2.37. The van der Waals surface area contributed by atoms with Gasteiger partial charge in [-0.25, -0.2) is 4.79 Å². The first kappa shape index (κ1) is 21.7. The van der Waals surface area contributed by atoms with Gasteiger partial charge in [-0.05, 0) is 49.8 Å². The number of likely N-dealkylation sites (N-methyl/N-ethyl adjacent to an activating group) is 1. The van der Waals surface area contributed by atoms with Gasteiger partial charge < -0.3 is 14.8 Å². The Hall–Kier alpha value is -3.12. The third-order valence-electron chi connectivity index (χ3n) is 7.74. The van der Waals surface area contributed by atoms with Crippen molar-refractivity contribution in [3.63, 3.8) is 0 Å². The highest BCUT2D eigenvalue weighted by molar-refractivity contribution is 6.06. The average molecular weight is 445 g/mol. The van der Waals surface area contributed by atoms with Gasteiger partial charge in [-0.1, -0.05) is 48.5 Å². The van der Waals surface area contributed by atoms with E-state index in [2.05, 4.69) is 47.3 Å². The largest absolute Gasteiger partial charge is 0.361 e. The van der Waals surface area contributed by atoms with Crippen molar-refractivity contribution >= 4 is 22.8 Å². The van der Waals surface area contributed by atoms with Gasteiger partial charge in [-0.3, -0.25) is 9.69 Å². The smallest absolute Gasteiger partial charge is 0.327 e. The number of amides is 3. The standard InChI is InChI=1S/C27H32N4O2/c1-20(12-13-22-18-28-24-11-7-6-10-23(22)24)30-16-14-27(15-17-30)25(32)31(26(33)29(27)2)19-21-8-4-3-5-9-21/h3-11,18,20,28H,12-17,19H2,1-2H3. The second-order valence-electron chi connectivity index (χ2n) is 9.53. The number of carbonyl (C=O) groups excluding carboxylic acids is 2. The van der Waals surface area contributed by atoms with Gasteiger partial charge >= 0.3 is 6.03 Å². The molecule has 1 atom stereocenters. The molecular weight excluding hydrogens is 412 g/mol. The second-order valence-corrected chi connectivity index (χ2v) is 9.53. The van der Waals surface area contributed by atoms with E-state index in [4.69, 9.17) is 0 Å². The molecule has 0 bridgehead atoms. The van der Waals surface area contributed by atoms with Crippen LogP contribution in [0.1, 0.15) is 37.3 Å². The number of aromatic nitrogens is 1. The van der Waals surface area contributed by atoms with Gasteiger partial charge in [0.25, 0.3) is 5.91 Å². The van der Waals surface area contributed by atoms with E-state index in [1.54, 1.807) is 11.9 Å². The summed E-state index contributed by atoms with van der Waals surface area (Å²) in [6.07, 6.45) is 5.60. The Morgan fingerprint density at radius 1 is 1.00 bits per heavy atom. The molecule has 2 aromatic carbocycles. The molecule has 6 heteroatoms. The number of benzene rings is 2. The maximum Gasteiger partial charge on any atom is 0.327 e. The SMILES string of the molecule is CC(CCc1c[nH]c2ccccc12)N1CCC2(CC1)C(=O)N(Cc1ccccc1)C(=O)N2C. The van der Waals surface area contributed by atoms with E-state index in [9.17, 15) is 9.59 Å². The normalized spacial score (nSPS) is 19.7. The first-order chi connectivity index (χ1) is 16.0. The molecule has 2 saturated heterocycles. The van der Waals surface area contributed by atoms with Crippen LogP contribution in [0.3, 0.4) is 0 Å². The monoisotopic (exact) mass is 444 g/mol. The Morgan fingerprint density at radius 2 is 1.70 bits per heavy atom. The fourth-order valence-corrected chi connectivity index (χ4v) is 5.52. The van der Waals surface area contributed by atoms with E-state index in [0.29, 0.717) is 25.4 Å². The van der Waals surface area contributed by atoms with E-state index < -0.39 is 5.54 Å². The van der Waals surface area contributed by atoms with Crippen LogP contribution in [0.4, 0.5) is 4.79 Å². The zero-order chi connectivity index (χ0) is 23.0. The molecule has 2 aliphatic rings. The van der Waals surface area contributed by atoms with Crippen LogP contribution in [0.15, 0.2) is 60.8 Å². The number of urea groups is 1. The molecular formula is C27H32N4O2. The molecule has 1 unspecified atom stereocenters. The van der Waals surface area contributed by atoms with E-state index in [1.807, 2.05) is 30.3 Å². The second kappa shape index (κ2) is 8.67. The van der Waals surface area contributed by atoms with Crippen LogP contribution in [0.25, 0.3) is 10.9 Å². The number of imide groups is 1. The Morgan fingerprint density at radius 3 is 2.45 bits per heavy atom. The minimum absolute atomic E-state index is 0.0371. The van der Waals surface area contributed by atoms with Crippen LogP contribution in [0.2, 0.25) is 0 Å². The number of fused-ring (bicyclic) bond motifs is 1. The Kier molecular flexibility index (Phi) is 5.71. The number of aromatic amines is 1. The van der Waals surface area contributed by atoms with Crippen LogP contribution in [-0.2, 0) is 17.8 Å². The number of hydrogen-bond acceptors (Lipinski definition) is 3. The molecule has 33 heavy (non-hydrogen) atoms. The first-order valence-electron chi connectivity index (χ1n) is 11.9. The van der Waals surface area contributed by atoms with Crippen molar-refractivity contribution < 1.29 is 9.59 Å². The van der Waals surface area contributed by atoms with Crippen LogP contribution in [-0.4, -0.2) is 63.3 Å². The zero-order valence-electron chi connectivity index (χ0n) is 19.5. The molecule has 0 radical (unpaired) electrons. The van der Waals surface area contributed by atoms with Crippen molar-refractivity contribution in [1.82, 2.24) is 19.7 Å². The Balaban J connectivity index is 1.21. The Labute approximate surface area is 195 Å². The molecule has 2 aliphatic heterocycles. The van der Waals surface area contributed by atoms with Gasteiger partial charge in [0, 0.05) is 43.3 Å². The summed E-state index contributed by atoms with van der Waals surface area (Å²) in [6.45, 7) is 4.28. The molecule has 6 nitrogen and oxygen atoms in total. The molecule has 1 N–H and O–H groups in total. The Bertz CT molecular complexity index is 1150. The summed E-state index contributed by atoms with van der Waals surface area (Å²) in [4.78, 5) is 35.4. The molecule has 0 saturated carbocycles.